The molecule has 0 amide bonds. The summed E-state index contributed by atoms with van der Waals surface area (Å²) in [5.74, 6) is 1.23. The number of thiocarbonyl (C=S) groups is 1. The maximum absolute atomic E-state index is 5.13. The van der Waals surface area contributed by atoms with Gasteiger partial charge in [0.2, 0.25) is 0 Å². The van der Waals surface area contributed by atoms with Gasteiger partial charge in [-0.15, -0.1) is 23.5 Å². The molecule has 0 aromatic heterocycles. The Bertz CT molecular complexity index is 138. The summed E-state index contributed by atoms with van der Waals surface area (Å²) in [4.78, 5) is 0. The molecule has 1 fully saturated rings. The summed E-state index contributed by atoms with van der Waals surface area (Å²) in [5, 5.41) is 0. The molecule has 0 spiro atoms. The standard InChI is InChI=1S/C7H12S3/c1-3-7(4-2)5-9-6(8)10-7/h3-5H2,1-2H3. The Hall–Kier alpha value is 0.790. The SMILES string of the molecule is CCC1(CC)CSC(=S)S1. The summed E-state index contributed by atoms with van der Waals surface area (Å²) in [6.45, 7) is 4.51. The highest BCUT2D eigenvalue weighted by molar-refractivity contribution is 8.49. The van der Waals surface area contributed by atoms with Gasteiger partial charge in [-0.25, -0.2) is 0 Å². The molecule has 1 aliphatic heterocycles. The Morgan fingerprint density at radius 3 is 2.30 bits per heavy atom. The van der Waals surface area contributed by atoms with Crippen molar-refractivity contribution in [2.75, 3.05) is 5.75 Å². The van der Waals surface area contributed by atoms with E-state index in [1.165, 1.54) is 18.6 Å². The molecule has 0 radical (unpaired) electrons. The number of thioether (sulfide) groups is 2. The van der Waals surface area contributed by atoms with E-state index in [1.807, 2.05) is 23.5 Å². The molecule has 0 aromatic carbocycles. The van der Waals surface area contributed by atoms with Crippen LogP contribution in [0.5, 0.6) is 0 Å². The lowest BCUT2D eigenvalue weighted by Crippen LogP contribution is -2.21. The minimum Gasteiger partial charge on any atom is -0.106 e. The second kappa shape index (κ2) is 3.46. The molecule has 1 heterocycles. The Morgan fingerprint density at radius 1 is 1.50 bits per heavy atom. The van der Waals surface area contributed by atoms with Crippen molar-refractivity contribution in [2.45, 2.75) is 31.4 Å². The fourth-order valence-corrected chi connectivity index (χ4v) is 4.52. The van der Waals surface area contributed by atoms with Crippen molar-refractivity contribution in [1.82, 2.24) is 0 Å². The predicted octanol–water partition coefficient (Wildman–Crippen LogP) is 3.31. The topological polar surface area (TPSA) is 0 Å². The van der Waals surface area contributed by atoms with E-state index in [4.69, 9.17) is 12.2 Å². The van der Waals surface area contributed by atoms with Gasteiger partial charge in [0.05, 0.1) is 0 Å². The summed E-state index contributed by atoms with van der Waals surface area (Å²) < 4.78 is 1.63. The predicted molar refractivity (Wildman–Crippen MR) is 56.0 cm³/mol. The minimum absolute atomic E-state index is 0.488. The summed E-state index contributed by atoms with van der Waals surface area (Å²) >= 11 is 8.88. The van der Waals surface area contributed by atoms with Gasteiger partial charge < -0.3 is 0 Å². The molecule has 0 nitrogen and oxygen atoms in total. The fraction of sp³-hybridized carbons (Fsp3) is 0.857. The van der Waals surface area contributed by atoms with Crippen molar-refractivity contribution in [3.8, 4) is 0 Å². The average molecular weight is 192 g/mol. The molecule has 0 atom stereocenters. The Labute approximate surface area is 76.5 Å². The van der Waals surface area contributed by atoms with Crippen LogP contribution in [0.25, 0.3) is 0 Å². The van der Waals surface area contributed by atoms with Gasteiger partial charge in [-0.1, -0.05) is 26.1 Å². The highest BCUT2D eigenvalue weighted by atomic mass is 32.2. The van der Waals surface area contributed by atoms with E-state index < -0.39 is 0 Å². The van der Waals surface area contributed by atoms with Gasteiger partial charge in [0, 0.05) is 10.5 Å². The zero-order chi connectivity index (χ0) is 7.61. The zero-order valence-corrected chi connectivity index (χ0v) is 8.80. The minimum atomic E-state index is 0.488. The van der Waals surface area contributed by atoms with E-state index in [2.05, 4.69) is 13.8 Å². The third-order valence-electron chi connectivity index (χ3n) is 2.04. The maximum Gasteiger partial charge on any atom is 0.104 e. The summed E-state index contributed by atoms with van der Waals surface area (Å²) in [7, 11) is 0. The van der Waals surface area contributed by atoms with E-state index in [1.54, 1.807) is 0 Å². The lowest BCUT2D eigenvalue weighted by atomic mass is 10.1. The average Bonchev–Trinajstić information content (AvgIpc) is 2.33. The van der Waals surface area contributed by atoms with Crippen LogP contribution in [-0.2, 0) is 0 Å². The van der Waals surface area contributed by atoms with Crippen LogP contribution in [0.4, 0.5) is 0 Å². The van der Waals surface area contributed by atoms with Crippen LogP contribution in [0.2, 0.25) is 0 Å². The monoisotopic (exact) mass is 192 g/mol. The molecule has 0 aliphatic carbocycles. The Morgan fingerprint density at radius 2 is 2.10 bits per heavy atom. The van der Waals surface area contributed by atoms with Gasteiger partial charge in [0.1, 0.15) is 3.53 Å². The van der Waals surface area contributed by atoms with Crippen LogP contribution in [0.3, 0.4) is 0 Å². The summed E-state index contributed by atoms with van der Waals surface area (Å²) in [6, 6.07) is 0. The molecule has 0 unspecified atom stereocenters. The molecular formula is C7H12S3. The van der Waals surface area contributed by atoms with Crippen LogP contribution in [0.1, 0.15) is 26.7 Å². The summed E-state index contributed by atoms with van der Waals surface area (Å²) in [6.07, 6.45) is 2.50. The van der Waals surface area contributed by atoms with E-state index in [9.17, 15) is 0 Å². The van der Waals surface area contributed by atoms with Gasteiger partial charge in [-0.05, 0) is 12.8 Å². The number of rotatable bonds is 2. The van der Waals surface area contributed by atoms with Gasteiger partial charge in [-0.3, -0.25) is 0 Å². The third kappa shape index (κ3) is 1.69. The first-order valence-electron chi connectivity index (χ1n) is 3.58. The van der Waals surface area contributed by atoms with Crippen molar-refractivity contribution in [3.05, 3.63) is 0 Å². The van der Waals surface area contributed by atoms with E-state index >= 15 is 0 Å². The van der Waals surface area contributed by atoms with Crippen LogP contribution >= 0.6 is 35.7 Å². The molecule has 3 heteroatoms. The molecule has 0 N–H and O–H groups in total. The lowest BCUT2D eigenvalue weighted by Gasteiger charge is -2.22. The normalized spacial score (nSPS) is 23.6. The molecule has 10 heavy (non-hydrogen) atoms. The van der Waals surface area contributed by atoms with Crippen LogP contribution in [0, 0.1) is 0 Å². The molecule has 1 saturated heterocycles. The van der Waals surface area contributed by atoms with Gasteiger partial charge in [0.25, 0.3) is 0 Å². The quantitative estimate of drug-likeness (QED) is 0.616. The maximum atomic E-state index is 5.13. The molecule has 0 bridgehead atoms. The molecule has 0 aromatic rings. The van der Waals surface area contributed by atoms with E-state index in [0.717, 1.165) is 3.53 Å². The Kier molecular flexibility index (Phi) is 3.07. The van der Waals surface area contributed by atoms with E-state index in [0.29, 0.717) is 4.75 Å². The number of hydrogen-bond acceptors (Lipinski definition) is 3. The third-order valence-corrected chi connectivity index (χ3v) is 5.69. The molecular weight excluding hydrogens is 180 g/mol. The van der Waals surface area contributed by atoms with E-state index in [-0.39, 0.29) is 0 Å². The highest BCUT2D eigenvalue weighted by Crippen LogP contribution is 2.46. The first kappa shape index (κ1) is 8.88. The molecule has 1 rings (SSSR count). The van der Waals surface area contributed by atoms with Crippen LogP contribution < -0.4 is 0 Å². The van der Waals surface area contributed by atoms with Gasteiger partial charge in [-0.2, -0.15) is 0 Å². The van der Waals surface area contributed by atoms with Crippen molar-refractivity contribution in [2.24, 2.45) is 0 Å². The lowest BCUT2D eigenvalue weighted by molar-refractivity contribution is 0.615. The summed E-state index contributed by atoms with van der Waals surface area (Å²) in [5.41, 5.74) is 0. The van der Waals surface area contributed by atoms with Gasteiger partial charge >= 0.3 is 0 Å². The fourth-order valence-electron chi connectivity index (χ4n) is 1.02. The van der Waals surface area contributed by atoms with Crippen LogP contribution in [0.15, 0.2) is 0 Å². The van der Waals surface area contributed by atoms with Crippen molar-refractivity contribution < 1.29 is 0 Å². The highest BCUT2D eigenvalue weighted by Gasteiger charge is 2.34. The second-order valence-electron chi connectivity index (χ2n) is 2.53. The first-order valence-corrected chi connectivity index (χ1v) is 5.79. The molecule has 0 saturated carbocycles. The Balaban J connectivity index is 2.59. The number of hydrogen-bond donors (Lipinski definition) is 0. The van der Waals surface area contributed by atoms with Crippen LogP contribution in [-0.4, -0.2) is 14.0 Å². The van der Waals surface area contributed by atoms with Crippen molar-refractivity contribution >= 4 is 39.3 Å². The first-order chi connectivity index (χ1) is 4.72. The molecule has 1 aliphatic rings. The largest absolute Gasteiger partial charge is 0.106 e. The van der Waals surface area contributed by atoms with Crippen molar-refractivity contribution in [1.29, 1.82) is 0 Å². The van der Waals surface area contributed by atoms with Gasteiger partial charge in [0.15, 0.2) is 0 Å². The van der Waals surface area contributed by atoms with Crippen molar-refractivity contribution in [3.63, 3.8) is 0 Å². The second-order valence-corrected chi connectivity index (χ2v) is 6.18. The molecule has 58 valence electrons. The zero-order valence-electron chi connectivity index (χ0n) is 6.35. The smallest absolute Gasteiger partial charge is 0.104 e.